The van der Waals surface area contributed by atoms with Crippen molar-refractivity contribution in [2.75, 3.05) is 51.3 Å². The molecule has 0 bridgehead atoms. The highest BCUT2D eigenvalue weighted by Gasteiger charge is 2.21. The number of halogens is 1. The predicted molar refractivity (Wildman–Crippen MR) is 126 cm³/mol. The predicted octanol–water partition coefficient (Wildman–Crippen LogP) is 2.69. The van der Waals surface area contributed by atoms with Gasteiger partial charge in [0.05, 0.1) is 24.4 Å². The van der Waals surface area contributed by atoms with Crippen LogP contribution in [0, 0.1) is 5.82 Å². The molecule has 8 heteroatoms. The fourth-order valence-corrected chi connectivity index (χ4v) is 4.12. The van der Waals surface area contributed by atoms with Crippen LogP contribution in [0.5, 0.6) is 5.75 Å². The number of benzene rings is 2. The highest BCUT2D eigenvalue weighted by molar-refractivity contribution is 5.94. The molecule has 1 aromatic heterocycles. The van der Waals surface area contributed by atoms with Crippen molar-refractivity contribution in [1.82, 2.24) is 15.2 Å². The number of β-amino-alcohol motifs (C(OH)–C–C–N with tert-alkyl or cyclic N) is 1. The molecule has 2 heterocycles. The van der Waals surface area contributed by atoms with Crippen LogP contribution >= 0.6 is 0 Å². The lowest BCUT2D eigenvalue weighted by atomic mass is 10.2. The Balaban J connectivity index is 1.20. The van der Waals surface area contributed by atoms with E-state index in [1.54, 1.807) is 25.3 Å². The van der Waals surface area contributed by atoms with E-state index in [1.165, 1.54) is 12.1 Å². The number of para-hydroxylation sites is 2. The maximum absolute atomic E-state index is 13.3. The lowest BCUT2D eigenvalue weighted by molar-refractivity contribution is 0.0899. The molecule has 2 N–H and O–H groups in total. The Kier molecular flexibility index (Phi) is 7.36. The zero-order valence-electron chi connectivity index (χ0n) is 18.7. The first-order valence-electron chi connectivity index (χ1n) is 11.2. The quantitative estimate of drug-likeness (QED) is 0.547. The van der Waals surface area contributed by atoms with E-state index in [0.717, 1.165) is 37.6 Å². The number of anilines is 1. The van der Waals surface area contributed by atoms with Gasteiger partial charge in [0.15, 0.2) is 0 Å². The lowest BCUT2D eigenvalue weighted by Crippen LogP contribution is -2.49. The normalized spacial score (nSPS) is 15.4. The van der Waals surface area contributed by atoms with Crippen LogP contribution in [0.2, 0.25) is 0 Å². The van der Waals surface area contributed by atoms with E-state index in [4.69, 9.17) is 4.74 Å². The number of rotatable bonds is 8. The van der Waals surface area contributed by atoms with Crippen molar-refractivity contribution >= 4 is 22.5 Å². The molecule has 1 atom stereocenters. The number of methoxy groups -OCH3 is 1. The van der Waals surface area contributed by atoms with E-state index in [9.17, 15) is 14.3 Å². The molecule has 33 heavy (non-hydrogen) atoms. The molecule has 2 aromatic carbocycles. The number of piperazine rings is 1. The Hall–Kier alpha value is -3.23. The number of ether oxygens (including phenoxy) is 1. The van der Waals surface area contributed by atoms with E-state index < -0.39 is 6.10 Å². The van der Waals surface area contributed by atoms with E-state index in [0.29, 0.717) is 30.4 Å². The first kappa shape index (κ1) is 22.9. The van der Waals surface area contributed by atoms with E-state index >= 15 is 0 Å². The fraction of sp³-hybridized carbons (Fsp3) is 0.360. The van der Waals surface area contributed by atoms with Crippen LogP contribution in [-0.2, 0) is 0 Å². The van der Waals surface area contributed by atoms with Crippen LogP contribution in [0.1, 0.15) is 16.9 Å². The molecular weight excluding hydrogens is 423 g/mol. The number of carbonyl (C=O) groups is 1. The summed E-state index contributed by atoms with van der Waals surface area (Å²) in [7, 11) is 1.68. The van der Waals surface area contributed by atoms with Crippen LogP contribution < -0.4 is 15.0 Å². The van der Waals surface area contributed by atoms with Crippen molar-refractivity contribution in [3.8, 4) is 5.75 Å². The number of hydrogen-bond donors (Lipinski definition) is 2. The van der Waals surface area contributed by atoms with Crippen molar-refractivity contribution < 1.29 is 19.0 Å². The van der Waals surface area contributed by atoms with Crippen LogP contribution in [-0.4, -0.2) is 73.4 Å². The van der Waals surface area contributed by atoms with Gasteiger partial charge in [-0.15, -0.1) is 0 Å². The summed E-state index contributed by atoms with van der Waals surface area (Å²) < 4.78 is 18.8. The van der Waals surface area contributed by atoms with E-state index in [1.807, 2.05) is 18.2 Å². The Morgan fingerprint density at radius 1 is 1.15 bits per heavy atom. The van der Waals surface area contributed by atoms with Gasteiger partial charge in [-0.2, -0.15) is 0 Å². The average molecular weight is 453 g/mol. The summed E-state index contributed by atoms with van der Waals surface area (Å²) in [6.07, 6.45) is -0.0762. The maximum Gasteiger partial charge on any atom is 0.269 e. The maximum atomic E-state index is 13.3. The second kappa shape index (κ2) is 10.6. The number of nitrogens with one attached hydrogen (secondary N) is 1. The number of hydrogen-bond acceptors (Lipinski definition) is 6. The Labute approximate surface area is 192 Å². The lowest BCUT2D eigenvalue weighted by Gasteiger charge is -2.37. The first-order chi connectivity index (χ1) is 16.0. The third-order valence-electron chi connectivity index (χ3n) is 5.91. The summed E-state index contributed by atoms with van der Waals surface area (Å²) in [5.74, 6) is 0.227. The molecule has 4 rings (SSSR count). The minimum Gasteiger partial charge on any atom is -0.495 e. The molecule has 174 valence electrons. The number of aromatic nitrogens is 1. The molecule has 7 nitrogen and oxygen atoms in total. The van der Waals surface area contributed by atoms with Crippen molar-refractivity contribution in [3.63, 3.8) is 0 Å². The number of aliphatic hydroxyl groups excluding tert-OH is 1. The van der Waals surface area contributed by atoms with Crippen molar-refractivity contribution in [2.45, 2.75) is 12.5 Å². The SMILES string of the molecule is COc1ccccc1N1CCN(CC(O)CCNC(=O)c2ccc3cc(F)ccc3n2)CC1. The van der Waals surface area contributed by atoms with Gasteiger partial charge in [-0.3, -0.25) is 9.69 Å². The van der Waals surface area contributed by atoms with Gasteiger partial charge in [-0.05, 0) is 42.8 Å². The number of aliphatic hydroxyl groups is 1. The first-order valence-corrected chi connectivity index (χ1v) is 11.2. The van der Waals surface area contributed by atoms with Crippen LogP contribution in [0.15, 0.2) is 54.6 Å². The molecule has 1 amide bonds. The number of nitrogens with zero attached hydrogens (tertiary/aromatic N) is 3. The highest BCUT2D eigenvalue weighted by atomic mass is 19.1. The molecule has 1 aliphatic heterocycles. The molecule has 1 aliphatic rings. The Morgan fingerprint density at radius 2 is 1.94 bits per heavy atom. The van der Waals surface area contributed by atoms with Crippen molar-refractivity contribution in [1.29, 1.82) is 0 Å². The standard InChI is InChI=1S/C25H29FN4O3/c1-33-24-5-3-2-4-23(24)30-14-12-29(13-15-30)17-20(31)10-11-27-25(32)22-8-6-18-16-19(26)7-9-21(18)28-22/h2-9,16,20,31H,10-15,17H2,1H3,(H,27,32). The third-order valence-corrected chi connectivity index (χ3v) is 5.91. The summed E-state index contributed by atoms with van der Waals surface area (Å²) in [5.41, 5.74) is 1.93. The molecule has 0 radical (unpaired) electrons. The minimum absolute atomic E-state index is 0.274. The largest absolute Gasteiger partial charge is 0.495 e. The summed E-state index contributed by atoms with van der Waals surface area (Å²) in [6.45, 7) is 4.34. The molecule has 0 saturated carbocycles. The molecule has 3 aromatic rings. The minimum atomic E-state index is -0.532. The summed E-state index contributed by atoms with van der Waals surface area (Å²) in [6, 6.07) is 15.5. The Morgan fingerprint density at radius 3 is 2.73 bits per heavy atom. The zero-order valence-corrected chi connectivity index (χ0v) is 18.7. The monoisotopic (exact) mass is 452 g/mol. The molecule has 0 aliphatic carbocycles. The molecule has 1 fully saturated rings. The summed E-state index contributed by atoms with van der Waals surface area (Å²) in [4.78, 5) is 21.2. The second-order valence-electron chi connectivity index (χ2n) is 8.19. The molecule has 1 unspecified atom stereocenters. The van der Waals surface area contributed by atoms with Gasteiger partial charge in [-0.25, -0.2) is 9.37 Å². The zero-order chi connectivity index (χ0) is 23.2. The number of amides is 1. The van der Waals surface area contributed by atoms with Crippen LogP contribution in [0.25, 0.3) is 10.9 Å². The van der Waals surface area contributed by atoms with Gasteiger partial charge in [0, 0.05) is 44.7 Å². The van der Waals surface area contributed by atoms with E-state index in [2.05, 4.69) is 26.2 Å². The van der Waals surface area contributed by atoms with Gasteiger partial charge in [0.1, 0.15) is 17.3 Å². The number of carbonyl (C=O) groups excluding carboxylic acids is 1. The van der Waals surface area contributed by atoms with Gasteiger partial charge in [0.25, 0.3) is 5.91 Å². The average Bonchev–Trinajstić information content (AvgIpc) is 2.84. The smallest absolute Gasteiger partial charge is 0.269 e. The van der Waals surface area contributed by atoms with Gasteiger partial charge >= 0.3 is 0 Å². The van der Waals surface area contributed by atoms with Gasteiger partial charge < -0.3 is 20.1 Å². The van der Waals surface area contributed by atoms with Crippen molar-refractivity contribution in [2.24, 2.45) is 0 Å². The summed E-state index contributed by atoms with van der Waals surface area (Å²) in [5, 5.41) is 13.9. The van der Waals surface area contributed by atoms with Crippen LogP contribution in [0.3, 0.4) is 0 Å². The number of fused-ring (bicyclic) bond motifs is 1. The Bertz CT molecular complexity index is 1100. The summed E-state index contributed by atoms with van der Waals surface area (Å²) >= 11 is 0. The van der Waals surface area contributed by atoms with Gasteiger partial charge in [0.2, 0.25) is 0 Å². The second-order valence-corrected chi connectivity index (χ2v) is 8.19. The molecular formula is C25H29FN4O3. The van der Waals surface area contributed by atoms with Gasteiger partial charge in [-0.1, -0.05) is 18.2 Å². The van der Waals surface area contributed by atoms with Crippen LogP contribution in [0.4, 0.5) is 10.1 Å². The molecule has 1 saturated heterocycles. The van der Waals surface area contributed by atoms with Crippen molar-refractivity contribution in [3.05, 3.63) is 66.1 Å². The molecule has 0 spiro atoms. The number of pyridine rings is 1. The van der Waals surface area contributed by atoms with E-state index in [-0.39, 0.29) is 17.4 Å². The topological polar surface area (TPSA) is 77.9 Å². The third kappa shape index (κ3) is 5.77. The highest BCUT2D eigenvalue weighted by Crippen LogP contribution is 2.28. The fourth-order valence-electron chi connectivity index (χ4n) is 4.12.